The number of alkyl carbamates (subject to hydrolysis) is 1. The fourth-order valence-electron chi connectivity index (χ4n) is 4.11. The summed E-state index contributed by atoms with van der Waals surface area (Å²) in [4.78, 5) is 11.8. The van der Waals surface area contributed by atoms with Crippen molar-refractivity contribution >= 4 is 33.6 Å². The summed E-state index contributed by atoms with van der Waals surface area (Å²) < 4.78 is 37.4. The predicted octanol–water partition coefficient (Wildman–Crippen LogP) is 5.86. The van der Waals surface area contributed by atoms with Crippen molar-refractivity contribution in [2.24, 2.45) is 0 Å². The van der Waals surface area contributed by atoms with E-state index in [1.165, 1.54) is 13.2 Å². The maximum absolute atomic E-state index is 14.5. The fourth-order valence-corrected chi connectivity index (χ4v) is 4.86. The highest BCUT2D eigenvalue weighted by Gasteiger charge is 2.56. The van der Waals surface area contributed by atoms with Gasteiger partial charge in [0.05, 0.1) is 11.6 Å². The molecule has 7 nitrogen and oxygen atoms in total. The van der Waals surface area contributed by atoms with E-state index in [0.717, 1.165) is 12.8 Å². The Labute approximate surface area is 218 Å². The molecular weight excluding hydrogens is 545 g/mol. The van der Waals surface area contributed by atoms with Crippen molar-refractivity contribution in [1.82, 2.24) is 5.32 Å². The molecule has 0 bridgehead atoms. The zero-order valence-electron chi connectivity index (χ0n) is 19.7. The van der Waals surface area contributed by atoms with E-state index in [0.29, 0.717) is 30.7 Å². The number of carbonyl (C=O) groups excluding carboxylic acids is 1. The van der Waals surface area contributed by atoms with Gasteiger partial charge in [0.15, 0.2) is 5.60 Å². The standard InChI is InChI=1S/C25H30BrClFNO6/c1-3-4-13-33-24(31)29-12-8-11-19(30)25(16-9-6-5-7-10-16)23(34-15-32-2)20-18(35-25)14-17(28)22(27)21(20)26/h5-7,9-10,14,19,23,30H,3-4,8,11-13,15H2,1-2H3,(H,29,31)/t19?,23-,25-/m0/s1. The van der Waals surface area contributed by atoms with Gasteiger partial charge in [0, 0.05) is 35.3 Å². The first kappa shape index (κ1) is 27.7. The van der Waals surface area contributed by atoms with Crippen LogP contribution in [0.3, 0.4) is 0 Å². The summed E-state index contributed by atoms with van der Waals surface area (Å²) in [6, 6.07) is 10.3. The van der Waals surface area contributed by atoms with Gasteiger partial charge >= 0.3 is 6.09 Å². The normalized spacial score (nSPS) is 19.7. The van der Waals surface area contributed by atoms with Crippen LogP contribution in [0.1, 0.15) is 49.8 Å². The lowest BCUT2D eigenvalue weighted by Gasteiger charge is -2.39. The Hall–Kier alpha value is -1.91. The van der Waals surface area contributed by atoms with Crippen LogP contribution in [0.25, 0.3) is 0 Å². The van der Waals surface area contributed by atoms with Gasteiger partial charge in [-0.1, -0.05) is 55.3 Å². The SMILES string of the molecule is CCCCOC(=O)NCCCC(O)[C@]1(c2ccccc2)Oc2cc(F)c(Cl)c(Br)c2[C@@H]1OCOC. The zero-order valence-corrected chi connectivity index (χ0v) is 22.0. The summed E-state index contributed by atoms with van der Waals surface area (Å²) in [6.07, 6.45) is -0.0383. The van der Waals surface area contributed by atoms with Crippen LogP contribution in [0.15, 0.2) is 40.9 Å². The minimum absolute atomic E-state index is 0.0959. The van der Waals surface area contributed by atoms with E-state index >= 15 is 0 Å². The van der Waals surface area contributed by atoms with E-state index in [2.05, 4.69) is 21.2 Å². The van der Waals surface area contributed by atoms with E-state index < -0.39 is 29.7 Å². The van der Waals surface area contributed by atoms with Crippen molar-refractivity contribution in [3.8, 4) is 5.75 Å². The number of ether oxygens (including phenoxy) is 4. The Balaban J connectivity index is 1.87. The third-order valence-corrected chi connectivity index (χ3v) is 7.24. The number of hydrogen-bond acceptors (Lipinski definition) is 6. The lowest BCUT2D eigenvalue weighted by Crippen LogP contribution is -2.48. The van der Waals surface area contributed by atoms with Crippen LogP contribution in [0.4, 0.5) is 9.18 Å². The average Bonchev–Trinajstić information content (AvgIpc) is 3.19. The Bertz CT molecular complexity index is 998. The largest absolute Gasteiger partial charge is 0.476 e. The quantitative estimate of drug-likeness (QED) is 0.188. The molecule has 0 aromatic heterocycles. The van der Waals surface area contributed by atoms with Gasteiger partial charge in [0.1, 0.15) is 30.6 Å². The van der Waals surface area contributed by atoms with Gasteiger partial charge in [-0.25, -0.2) is 9.18 Å². The van der Waals surface area contributed by atoms with Gasteiger partial charge in [0.25, 0.3) is 0 Å². The number of amides is 1. The molecule has 0 radical (unpaired) electrons. The van der Waals surface area contributed by atoms with Crippen LogP contribution in [0.5, 0.6) is 5.75 Å². The number of rotatable bonds is 12. The van der Waals surface area contributed by atoms with Gasteiger partial charge in [-0.15, -0.1) is 0 Å². The van der Waals surface area contributed by atoms with Crippen molar-refractivity contribution in [3.63, 3.8) is 0 Å². The molecule has 0 aliphatic carbocycles. The number of halogens is 3. The molecule has 0 fully saturated rings. The molecule has 1 aliphatic heterocycles. The smallest absolute Gasteiger partial charge is 0.407 e. The molecule has 10 heteroatoms. The summed E-state index contributed by atoms with van der Waals surface area (Å²) in [6.45, 7) is 2.58. The number of carbonyl (C=O) groups is 1. The summed E-state index contributed by atoms with van der Waals surface area (Å²) >= 11 is 9.56. The van der Waals surface area contributed by atoms with Crippen LogP contribution >= 0.6 is 27.5 Å². The fraction of sp³-hybridized carbons (Fsp3) is 0.480. The first-order valence-corrected chi connectivity index (χ1v) is 12.6. The molecule has 2 N–H and O–H groups in total. The highest BCUT2D eigenvalue weighted by atomic mass is 79.9. The van der Waals surface area contributed by atoms with Crippen molar-refractivity contribution < 1.29 is 33.2 Å². The molecule has 35 heavy (non-hydrogen) atoms. The number of hydrogen-bond donors (Lipinski definition) is 2. The molecule has 2 aromatic carbocycles. The van der Waals surface area contributed by atoms with Gasteiger partial charge in [-0.2, -0.15) is 0 Å². The molecule has 192 valence electrons. The Morgan fingerprint density at radius 3 is 2.77 bits per heavy atom. The number of aliphatic hydroxyl groups excluding tert-OH is 1. The average molecular weight is 575 g/mol. The number of unbranched alkanes of at least 4 members (excludes halogenated alkanes) is 1. The Morgan fingerprint density at radius 2 is 2.09 bits per heavy atom. The number of methoxy groups -OCH3 is 1. The third kappa shape index (κ3) is 6.09. The molecule has 3 rings (SSSR count). The van der Waals surface area contributed by atoms with Crippen molar-refractivity contribution in [3.05, 3.63) is 62.8 Å². The van der Waals surface area contributed by atoms with Crippen LogP contribution in [-0.4, -0.2) is 44.4 Å². The second-order valence-corrected chi connectivity index (χ2v) is 9.36. The molecule has 1 amide bonds. The molecule has 3 atom stereocenters. The van der Waals surface area contributed by atoms with E-state index in [1.54, 1.807) is 0 Å². The van der Waals surface area contributed by atoms with Gasteiger partial charge in [0.2, 0.25) is 0 Å². The highest BCUT2D eigenvalue weighted by molar-refractivity contribution is 9.10. The van der Waals surface area contributed by atoms with Crippen molar-refractivity contribution in [2.45, 2.75) is 50.4 Å². The summed E-state index contributed by atoms with van der Waals surface area (Å²) in [5, 5.41) is 14.1. The number of aliphatic hydroxyl groups is 1. The van der Waals surface area contributed by atoms with E-state index in [-0.39, 0.29) is 28.5 Å². The first-order chi connectivity index (χ1) is 16.9. The Kier molecular flexibility index (Phi) is 10.2. The van der Waals surface area contributed by atoms with Gasteiger partial charge < -0.3 is 29.4 Å². The van der Waals surface area contributed by atoms with Crippen molar-refractivity contribution in [1.29, 1.82) is 0 Å². The minimum Gasteiger partial charge on any atom is -0.476 e. The van der Waals surface area contributed by atoms with Crippen LogP contribution in [0, 0.1) is 5.82 Å². The summed E-state index contributed by atoms with van der Waals surface area (Å²) in [5.41, 5.74) is -0.294. The second kappa shape index (κ2) is 12.9. The maximum Gasteiger partial charge on any atom is 0.407 e. The molecule has 1 aliphatic rings. The van der Waals surface area contributed by atoms with Crippen LogP contribution < -0.4 is 10.1 Å². The number of benzene rings is 2. The molecule has 2 aromatic rings. The van der Waals surface area contributed by atoms with Crippen LogP contribution in [-0.2, 0) is 19.8 Å². The molecular formula is C25H30BrClFNO6. The number of fused-ring (bicyclic) bond motifs is 1. The molecule has 0 saturated carbocycles. The Morgan fingerprint density at radius 1 is 1.34 bits per heavy atom. The lowest BCUT2D eigenvalue weighted by atomic mass is 9.80. The molecule has 1 heterocycles. The van der Waals surface area contributed by atoms with E-state index in [1.807, 2.05) is 37.3 Å². The van der Waals surface area contributed by atoms with Crippen molar-refractivity contribution in [2.75, 3.05) is 27.1 Å². The highest BCUT2D eigenvalue weighted by Crippen LogP contribution is 2.57. The summed E-state index contributed by atoms with van der Waals surface area (Å²) in [7, 11) is 1.48. The second-order valence-electron chi connectivity index (χ2n) is 8.19. The van der Waals surface area contributed by atoms with Gasteiger partial charge in [-0.05, 0) is 35.2 Å². The monoisotopic (exact) mass is 573 g/mol. The third-order valence-electron chi connectivity index (χ3n) is 5.82. The topological polar surface area (TPSA) is 86.3 Å². The van der Waals surface area contributed by atoms with E-state index in [9.17, 15) is 14.3 Å². The first-order valence-electron chi connectivity index (χ1n) is 11.5. The number of nitrogens with one attached hydrogen (secondary N) is 1. The van der Waals surface area contributed by atoms with Crippen LogP contribution in [0.2, 0.25) is 5.02 Å². The maximum atomic E-state index is 14.5. The minimum atomic E-state index is -1.41. The molecule has 0 saturated heterocycles. The molecule has 0 spiro atoms. The van der Waals surface area contributed by atoms with E-state index in [4.69, 9.17) is 30.5 Å². The lowest BCUT2D eigenvalue weighted by molar-refractivity contribution is -0.174. The predicted molar refractivity (Wildman–Crippen MR) is 133 cm³/mol. The van der Waals surface area contributed by atoms with Gasteiger partial charge in [-0.3, -0.25) is 0 Å². The summed E-state index contributed by atoms with van der Waals surface area (Å²) in [5.74, 6) is -0.452. The molecule has 1 unspecified atom stereocenters. The zero-order chi connectivity index (χ0) is 25.4.